The van der Waals surface area contributed by atoms with E-state index in [1.165, 1.54) is 47.1 Å². The van der Waals surface area contributed by atoms with Gasteiger partial charge in [-0.15, -0.1) is 9.15 Å². The molecule has 0 aromatic heterocycles. The molecule has 0 saturated carbocycles. The van der Waals surface area contributed by atoms with Gasteiger partial charge in [0.1, 0.15) is 14.1 Å². The molecule has 1 aliphatic heterocycles. The van der Waals surface area contributed by atoms with E-state index in [1.807, 2.05) is 30.3 Å². The van der Waals surface area contributed by atoms with E-state index in [9.17, 15) is 18.0 Å². The predicted octanol–water partition coefficient (Wildman–Crippen LogP) is 0.947. The van der Waals surface area contributed by atoms with Crippen LogP contribution >= 0.6 is 11.8 Å². The maximum Gasteiger partial charge on any atom is 0.528 e. The fourth-order valence-electron chi connectivity index (χ4n) is 3.18. The largest absolute Gasteiger partial charge is 0.528 e. The standard InChI is InChI=1S/C22H18N3O4S2/c1-24-18-13-17(23-31(28,29)16-11-7-4-8-12-16)20(30-15-9-5-3-6-10-15)14-19(18)25(2)22(27)21(24)26/h3-14H,1-2H3/q+1/p+1. The molecule has 0 fully saturated rings. The highest BCUT2D eigenvalue weighted by atomic mass is 32.2. The van der Waals surface area contributed by atoms with Crippen molar-refractivity contribution in [2.24, 2.45) is 0 Å². The Labute approximate surface area is 183 Å². The van der Waals surface area contributed by atoms with E-state index in [-0.39, 0.29) is 4.90 Å². The lowest BCUT2D eigenvalue weighted by Crippen LogP contribution is -2.58. The van der Waals surface area contributed by atoms with Gasteiger partial charge >= 0.3 is 11.8 Å². The van der Waals surface area contributed by atoms with Crippen LogP contribution in [0.5, 0.6) is 0 Å². The monoisotopic (exact) mass is 453 g/mol. The van der Waals surface area contributed by atoms with Gasteiger partial charge in [0.25, 0.3) is 20.7 Å². The summed E-state index contributed by atoms with van der Waals surface area (Å²) >= 11 is 1.36. The molecule has 0 aliphatic carbocycles. The van der Waals surface area contributed by atoms with Crippen LogP contribution in [-0.2, 0) is 19.6 Å². The van der Waals surface area contributed by atoms with Gasteiger partial charge in [0.15, 0.2) is 0 Å². The second kappa shape index (κ2) is 8.09. The number of fused-ring (bicyclic) bond motifs is 1. The molecule has 0 unspecified atom stereocenters. The van der Waals surface area contributed by atoms with E-state index < -0.39 is 21.8 Å². The van der Waals surface area contributed by atoms with E-state index in [4.69, 9.17) is 0 Å². The number of carbonyl (C=O) groups excluding carboxylic acids is 2. The minimum atomic E-state index is -3.86. The lowest BCUT2D eigenvalue weighted by molar-refractivity contribution is -0.141. The van der Waals surface area contributed by atoms with Crippen LogP contribution in [-0.4, -0.2) is 34.3 Å². The molecule has 0 bridgehead atoms. The van der Waals surface area contributed by atoms with Gasteiger partial charge in [-0.25, -0.2) is 18.0 Å². The maximum atomic E-state index is 13.0. The van der Waals surface area contributed by atoms with Crippen molar-refractivity contribution in [2.45, 2.75) is 14.7 Å². The molecule has 9 heteroatoms. The fourth-order valence-corrected chi connectivity index (χ4v) is 5.28. The number of amides is 2. The van der Waals surface area contributed by atoms with Crippen LogP contribution in [0, 0.1) is 0 Å². The Bertz CT molecular complexity index is 1440. The first-order chi connectivity index (χ1) is 14.8. The number of hydrogen-bond donors (Lipinski definition) is 1. The van der Waals surface area contributed by atoms with Crippen molar-refractivity contribution >= 4 is 39.3 Å². The van der Waals surface area contributed by atoms with E-state index >= 15 is 0 Å². The van der Waals surface area contributed by atoms with Gasteiger partial charge in [0.2, 0.25) is 0 Å². The first-order valence-corrected chi connectivity index (χ1v) is 11.6. The summed E-state index contributed by atoms with van der Waals surface area (Å²) in [5.41, 5.74) is 0.318. The zero-order valence-corrected chi connectivity index (χ0v) is 18.4. The van der Waals surface area contributed by atoms with E-state index in [1.54, 1.807) is 30.3 Å². The highest BCUT2D eigenvalue weighted by Gasteiger charge is 2.39. The number of nitrogens with one attached hydrogen (secondary N) is 1. The number of rotatable bonds is 5. The summed E-state index contributed by atoms with van der Waals surface area (Å²) in [5.74, 6) is -1.33. The lowest BCUT2D eigenvalue weighted by Gasteiger charge is -2.12. The number of carbonyl (C=O) groups is 2. The SMILES string of the molecule is C[N+]1=c2cc(NS(=O)(=O)c3ccccc3)c(Sc3ccccc3)cc2=[N+](C)C(=O)C1=O. The second-order valence-corrected chi connectivity index (χ2v) is 9.70. The Morgan fingerprint density at radius 3 is 1.87 bits per heavy atom. The summed E-state index contributed by atoms with van der Waals surface area (Å²) in [4.78, 5) is 26.2. The summed E-state index contributed by atoms with van der Waals surface area (Å²) in [6.07, 6.45) is 0. The van der Waals surface area contributed by atoms with Crippen molar-refractivity contribution in [1.29, 1.82) is 0 Å². The molecule has 1 N–H and O–H groups in total. The quantitative estimate of drug-likeness (QED) is 0.459. The van der Waals surface area contributed by atoms with Crippen LogP contribution in [0.3, 0.4) is 0 Å². The molecule has 4 rings (SSSR count). The Hall–Kier alpha value is -3.30. The normalized spacial score (nSPS) is 13.9. The Kier molecular flexibility index (Phi) is 5.47. The Morgan fingerprint density at radius 1 is 0.774 bits per heavy atom. The number of likely N-dealkylation sites (N-methyl/N-ethyl adjacent to an activating group) is 2. The summed E-state index contributed by atoms with van der Waals surface area (Å²) in [7, 11) is -0.841. The van der Waals surface area contributed by atoms with Gasteiger partial charge in [-0.1, -0.05) is 48.2 Å². The van der Waals surface area contributed by atoms with Crippen LogP contribution in [0.4, 0.5) is 5.69 Å². The third-order valence-electron chi connectivity index (χ3n) is 4.86. The van der Waals surface area contributed by atoms with Gasteiger partial charge in [-0.05, 0) is 24.3 Å². The molecule has 7 nitrogen and oxygen atoms in total. The van der Waals surface area contributed by atoms with Crippen LogP contribution in [0.1, 0.15) is 0 Å². The highest BCUT2D eigenvalue weighted by Crippen LogP contribution is 2.32. The van der Waals surface area contributed by atoms with Crippen LogP contribution in [0.15, 0.2) is 87.5 Å². The third kappa shape index (κ3) is 4.01. The average Bonchev–Trinajstić information content (AvgIpc) is 2.78. The molecule has 1 heterocycles. The summed E-state index contributed by atoms with van der Waals surface area (Å²) in [6.45, 7) is 0. The smallest absolute Gasteiger partial charge is 0.278 e. The van der Waals surface area contributed by atoms with Crippen LogP contribution in [0.25, 0.3) is 0 Å². The highest BCUT2D eigenvalue weighted by molar-refractivity contribution is 7.99. The molecule has 3 aromatic carbocycles. The molecule has 0 atom stereocenters. The molecule has 3 aromatic rings. The minimum absolute atomic E-state index is 0.125. The number of anilines is 1. The zero-order valence-electron chi connectivity index (χ0n) is 16.8. The van der Waals surface area contributed by atoms with Crippen molar-refractivity contribution < 1.29 is 18.0 Å². The fraction of sp³-hybridized carbons (Fsp3) is 0.0909. The molecule has 1 aliphatic rings. The zero-order chi connectivity index (χ0) is 22.2. The van der Waals surface area contributed by atoms with Crippen molar-refractivity contribution in [3.8, 4) is 0 Å². The number of benzene rings is 3. The van der Waals surface area contributed by atoms with Crippen LogP contribution in [0.2, 0.25) is 0 Å². The maximum absolute atomic E-state index is 13.0. The van der Waals surface area contributed by atoms with E-state index in [2.05, 4.69) is 4.72 Å². The van der Waals surface area contributed by atoms with Crippen molar-refractivity contribution in [1.82, 2.24) is 9.15 Å². The molecule has 0 spiro atoms. The summed E-state index contributed by atoms with van der Waals surface area (Å²) < 4.78 is 31.1. The van der Waals surface area contributed by atoms with Crippen molar-refractivity contribution in [3.05, 3.63) is 83.5 Å². The number of sulfonamides is 1. The Balaban J connectivity index is 1.93. The van der Waals surface area contributed by atoms with Gasteiger partial charge in [-0.2, -0.15) is 0 Å². The molecular formula is C22H19N3O4S2+2. The average molecular weight is 454 g/mol. The summed E-state index contributed by atoms with van der Waals surface area (Å²) in [5, 5.41) is 0.962. The lowest BCUT2D eigenvalue weighted by atomic mass is 10.2. The topological polar surface area (TPSA) is 86.3 Å². The minimum Gasteiger partial charge on any atom is -0.278 e. The van der Waals surface area contributed by atoms with Gasteiger partial charge in [0, 0.05) is 21.9 Å². The van der Waals surface area contributed by atoms with Gasteiger partial charge in [0.05, 0.1) is 10.6 Å². The molecule has 31 heavy (non-hydrogen) atoms. The summed E-state index contributed by atoms with van der Waals surface area (Å²) in [6, 6.07) is 20.8. The van der Waals surface area contributed by atoms with Crippen molar-refractivity contribution in [3.63, 3.8) is 0 Å². The molecule has 156 valence electrons. The predicted molar refractivity (Wildman–Crippen MR) is 118 cm³/mol. The number of nitrogens with zero attached hydrogens (tertiary/aromatic N) is 2. The molecule has 0 saturated heterocycles. The van der Waals surface area contributed by atoms with Crippen LogP contribution < -0.4 is 24.6 Å². The van der Waals surface area contributed by atoms with Gasteiger partial charge < -0.3 is 0 Å². The first-order valence-electron chi connectivity index (χ1n) is 9.32. The van der Waals surface area contributed by atoms with E-state index in [0.717, 1.165) is 4.90 Å². The third-order valence-corrected chi connectivity index (χ3v) is 7.31. The second-order valence-electron chi connectivity index (χ2n) is 6.90. The number of hydrogen-bond acceptors (Lipinski definition) is 5. The Morgan fingerprint density at radius 2 is 1.29 bits per heavy atom. The first kappa shape index (κ1) is 21.0. The van der Waals surface area contributed by atoms with Crippen molar-refractivity contribution in [2.75, 3.05) is 18.8 Å². The van der Waals surface area contributed by atoms with Gasteiger partial charge in [-0.3, -0.25) is 4.72 Å². The molecule has 2 amide bonds. The molecular weight excluding hydrogens is 434 g/mol. The molecule has 0 radical (unpaired) electrons. The van der Waals surface area contributed by atoms with E-state index in [0.29, 0.717) is 21.3 Å².